The maximum absolute atomic E-state index is 2.58. The number of benzene rings is 9. The summed E-state index contributed by atoms with van der Waals surface area (Å²) in [6, 6.07) is 70.4. The van der Waals surface area contributed by atoms with Crippen molar-refractivity contribution in [3.63, 3.8) is 0 Å². The molecule has 0 N–H and O–H groups in total. The van der Waals surface area contributed by atoms with Crippen LogP contribution in [0.5, 0.6) is 0 Å². The molecule has 1 aromatic heterocycles. The van der Waals surface area contributed by atoms with E-state index in [-0.39, 0.29) is 10.8 Å². The zero-order valence-corrected chi connectivity index (χ0v) is 35.1. The number of hydrogen-bond donors (Lipinski definition) is 0. The summed E-state index contributed by atoms with van der Waals surface area (Å²) in [5.41, 5.74) is 19.1. The van der Waals surface area contributed by atoms with Crippen LogP contribution in [-0.2, 0) is 10.8 Å². The van der Waals surface area contributed by atoms with Crippen LogP contribution in [0.1, 0.15) is 49.9 Å². The van der Waals surface area contributed by atoms with E-state index in [1.54, 1.807) is 0 Å². The van der Waals surface area contributed by atoms with Crippen LogP contribution < -0.4 is 4.90 Å². The van der Waals surface area contributed by atoms with Crippen molar-refractivity contribution in [1.29, 1.82) is 0 Å². The summed E-state index contributed by atoms with van der Waals surface area (Å²) in [5.74, 6) is 0. The summed E-state index contributed by atoms with van der Waals surface area (Å²) in [5, 5.41) is 5.15. The lowest BCUT2D eigenvalue weighted by atomic mass is 9.81. The van der Waals surface area contributed by atoms with Gasteiger partial charge in [0, 0.05) is 37.6 Å². The van der Waals surface area contributed by atoms with Gasteiger partial charge in [-0.2, -0.15) is 0 Å². The molecular weight excluding hydrogens is 743 g/mol. The standard InChI is InChI=1S/C58H43NS/c1-57(2)48-23-11-10-20-46(48)55-49(57)24-14-25-52(55)59(53-26-13-22-45-47-33-38(36-15-6-5-7-16-36)28-32-54(47)60-56(45)53)40-29-31-44-43-30-27-39(34-50(43)58(3,4)51(44)35-40)42-21-12-18-37-17-8-9-19-41(37)42/h5-35H,1-4H3. The highest BCUT2D eigenvalue weighted by molar-refractivity contribution is 7.26. The van der Waals surface area contributed by atoms with Crippen molar-refractivity contribution in [2.24, 2.45) is 0 Å². The molecule has 0 saturated carbocycles. The van der Waals surface area contributed by atoms with Crippen molar-refractivity contribution >= 4 is 59.3 Å². The Balaban J connectivity index is 1.07. The number of nitrogens with zero attached hydrogens (tertiary/aromatic N) is 1. The number of hydrogen-bond acceptors (Lipinski definition) is 2. The van der Waals surface area contributed by atoms with E-state index >= 15 is 0 Å². The molecule has 0 bridgehead atoms. The lowest BCUT2D eigenvalue weighted by Gasteiger charge is -2.30. The van der Waals surface area contributed by atoms with Crippen LogP contribution in [-0.4, -0.2) is 0 Å². The fourth-order valence-electron chi connectivity index (χ4n) is 10.6. The maximum Gasteiger partial charge on any atom is 0.0640 e. The highest BCUT2D eigenvalue weighted by Gasteiger charge is 2.39. The van der Waals surface area contributed by atoms with Gasteiger partial charge in [-0.3, -0.25) is 0 Å². The summed E-state index contributed by atoms with van der Waals surface area (Å²) in [4.78, 5) is 2.58. The molecule has 1 nitrogen and oxygen atoms in total. The minimum Gasteiger partial charge on any atom is -0.308 e. The fraction of sp³-hybridized carbons (Fsp3) is 0.103. The Morgan fingerprint density at radius 1 is 0.383 bits per heavy atom. The van der Waals surface area contributed by atoms with Gasteiger partial charge in [0.1, 0.15) is 0 Å². The first-order valence-corrected chi connectivity index (χ1v) is 21.9. The Morgan fingerprint density at radius 3 is 1.90 bits per heavy atom. The monoisotopic (exact) mass is 785 g/mol. The second-order valence-electron chi connectivity index (χ2n) is 17.7. The number of thiophene rings is 1. The first kappa shape index (κ1) is 35.2. The first-order valence-electron chi connectivity index (χ1n) is 21.1. The minimum atomic E-state index is -0.211. The third-order valence-electron chi connectivity index (χ3n) is 13.7. The zero-order valence-electron chi connectivity index (χ0n) is 34.3. The fourth-order valence-corrected chi connectivity index (χ4v) is 11.8. The summed E-state index contributed by atoms with van der Waals surface area (Å²) in [7, 11) is 0. The average Bonchev–Trinajstić information content (AvgIpc) is 3.86. The quantitative estimate of drug-likeness (QED) is 0.168. The Kier molecular flexibility index (Phi) is 7.56. The van der Waals surface area contributed by atoms with E-state index in [2.05, 4.69) is 221 Å². The molecule has 286 valence electrons. The van der Waals surface area contributed by atoms with Gasteiger partial charge in [0.15, 0.2) is 0 Å². The molecule has 9 aromatic carbocycles. The molecule has 0 radical (unpaired) electrons. The van der Waals surface area contributed by atoms with Crippen LogP contribution >= 0.6 is 11.3 Å². The van der Waals surface area contributed by atoms with Gasteiger partial charge in [-0.15, -0.1) is 11.3 Å². The van der Waals surface area contributed by atoms with Crippen molar-refractivity contribution < 1.29 is 0 Å². The summed E-state index contributed by atoms with van der Waals surface area (Å²) in [6.07, 6.45) is 0. The molecule has 10 aromatic rings. The topological polar surface area (TPSA) is 3.24 Å². The van der Waals surface area contributed by atoms with Crippen molar-refractivity contribution in [2.45, 2.75) is 38.5 Å². The van der Waals surface area contributed by atoms with E-state index in [0.717, 1.165) is 0 Å². The smallest absolute Gasteiger partial charge is 0.0640 e. The number of fused-ring (bicyclic) bond motifs is 10. The van der Waals surface area contributed by atoms with E-state index < -0.39 is 0 Å². The molecule has 0 amide bonds. The van der Waals surface area contributed by atoms with Gasteiger partial charge in [0.25, 0.3) is 0 Å². The van der Waals surface area contributed by atoms with Crippen LogP contribution in [0, 0.1) is 0 Å². The summed E-state index contributed by atoms with van der Waals surface area (Å²) < 4.78 is 2.60. The molecule has 2 heteroatoms. The van der Waals surface area contributed by atoms with Crippen molar-refractivity contribution in [3.05, 3.63) is 210 Å². The van der Waals surface area contributed by atoms with Crippen molar-refractivity contribution in [3.8, 4) is 44.5 Å². The van der Waals surface area contributed by atoms with Gasteiger partial charge >= 0.3 is 0 Å². The molecule has 0 spiro atoms. The predicted octanol–water partition coefficient (Wildman–Crippen LogP) is 16.6. The summed E-state index contributed by atoms with van der Waals surface area (Å²) in [6.45, 7) is 9.58. The maximum atomic E-state index is 2.58. The van der Waals surface area contributed by atoms with E-state index in [1.807, 2.05) is 11.3 Å². The van der Waals surface area contributed by atoms with E-state index in [1.165, 1.54) is 115 Å². The van der Waals surface area contributed by atoms with Crippen molar-refractivity contribution in [2.75, 3.05) is 4.90 Å². The Labute approximate surface area is 355 Å². The van der Waals surface area contributed by atoms with Crippen LogP contribution in [0.25, 0.3) is 75.5 Å². The molecule has 0 fully saturated rings. The molecule has 0 saturated heterocycles. The van der Waals surface area contributed by atoms with Crippen LogP contribution in [0.4, 0.5) is 17.1 Å². The number of rotatable bonds is 5. The molecule has 1 heterocycles. The highest BCUT2D eigenvalue weighted by Crippen LogP contribution is 2.57. The normalized spacial score (nSPS) is 14.3. The van der Waals surface area contributed by atoms with Gasteiger partial charge in [-0.05, 0) is 114 Å². The van der Waals surface area contributed by atoms with Crippen molar-refractivity contribution in [1.82, 2.24) is 0 Å². The molecular formula is C58H43NS. The number of anilines is 3. The highest BCUT2D eigenvalue weighted by atomic mass is 32.1. The van der Waals surface area contributed by atoms with Gasteiger partial charge in [0.05, 0.1) is 16.1 Å². The molecule has 2 aliphatic rings. The second-order valence-corrected chi connectivity index (χ2v) is 18.7. The van der Waals surface area contributed by atoms with E-state index in [9.17, 15) is 0 Å². The second kappa shape index (κ2) is 12.9. The van der Waals surface area contributed by atoms with Gasteiger partial charge < -0.3 is 4.90 Å². The Bertz CT molecular complexity index is 3380. The predicted molar refractivity (Wildman–Crippen MR) is 258 cm³/mol. The average molecular weight is 786 g/mol. The van der Waals surface area contributed by atoms with E-state index in [4.69, 9.17) is 0 Å². The molecule has 0 unspecified atom stereocenters. The molecule has 2 aliphatic carbocycles. The van der Waals surface area contributed by atoms with E-state index in [0.29, 0.717) is 0 Å². The first-order chi connectivity index (χ1) is 29.3. The third-order valence-corrected chi connectivity index (χ3v) is 14.9. The van der Waals surface area contributed by atoms with Gasteiger partial charge in [-0.1, -0.05) is 173 Å². The summed E-state index contributed by atoms with van der Waals surface area (Å²) >= 11 is 1.90. The molecule has 0 aliphatic heterocycles. The SMILES string of the molecule is CC1(C)c2cc(-c3cccc4ccccc34)ccc2-c2ccc(N(c3cccc4c3-c3ccccc3C4(C)C)c3cccc4c3sc3ccc(-c5ccccc5)cc34)cc21. The zero-order chi connectivity index (χ0) is 40.3. The van der Waals surface area contributed by atoms with Crippen LogP contribution in [0.2, 0.25) is 0 Å². The molecule has 60 heavy (non-hydrogen) atoms. The van der Waals surface area contributed by atoms with Crippen LogP contribution in [0.15, 0.2) is 188 Å². The molecule has 12 rings (SSSR count). The molecule has 0 atom stereocenters. The lowest BCUT2D eigenvalue weighted by molar-refractivity contribution is 0.660. The van der Waals surface area contributed by atoms with Crippen LogP contribution in [0.3, 0.4) is 0 Å². The van der Waals surface area contributed by atoms with Gasteiger partial charge in [0.2, 0.25) is 0 Å². The lowest BCUT2D eigenvalue weighted by Crippen LogP contribution is -2.17. The third kappa shape index (κ3) is 5.04. The Hall–Kier alpha value is -6.74. The largest absolute Gasteiger partial charge is 0.308 e. The van der Waals surface area contributed by atoms with Gasteiger partial charge in [-0.25, -0.2) is 0 Å². The Morgan fingerprint density at radius 2 is 1.02 bits per heavy atom. The minimum absolute atomic E-state index is 0.117.